The zero-order valence-electron chi connectivity index (χ0n) is 12.0. The number of carbonyl (C=O) groups excluding carboxylic acids is 2. The lowest BCUT2D eigenvalue weighted by molar-refractivity contribution is -0.123. The lowest BCUT2D eigenvalue weighted by Crippen LogP contribution is -2.30. The molecule has 1 N–H and O–H groups in total. The summed E-state index contributed by atoms with van der Waals surface area (Å²) in [5.74, 6) is -2.80. The average Bonchev–Trinajstić information content (AvgIpc) is 2.49. The van der Waals surface area contributed by atoms with Gasteiger partial charge in [-0.15, -0.1) is 0 Å². The van der Waals surface area contributed by atoms with Gasteiger partial charge in [0.25, 0.3) is 5.91 Å². The van der Waals surface area contributed by atoms with Crippen LogP contribution in [0.5, 0.6) is 0 Å². The van der Waals surface area contributed by atoms with Gasteiger partial charge in [0.15, 0.2) is 6.10 Å². The number of nitrogens with one attached hydrogen (secondary N) is 1. The summed E-state index contributed by atoms with van der Waals surface area (Å²) in [4.78, 5) is 23.9. The highest BCUT2D eigenvalue weighted by Crippen LogP contribution is 2.19. The van der Waals surface area contributed by atoms with Crippen LogP contribution >= 0.6 is 11.6 Å². The third kappa shape index (κ3) is 4.26. The quantitative estimate of drug-likeness (QED) is 0.862. The first kappa shape index (κ1) is 16.9. The maximum Gasteiger partial charge on any atom is 0.340 e. The number of halogens is 3. The zero-order chi connectivity index (χ0) is 17.0. The van der Waals surface area contributed by atoms with Crippen molar-refractivity contribution in [2.75, 3.05) is 5.32 Å². The van der Waals surface area contributed by atoms with Crippen LogP contribution < -0.4 is 5.32 Å². The van der Waals surface area contributed by atoms with Gasteiger partial charge < -0.3 is 10.1 Å². The lowest BCUT2D eigenvalue weighted by atomic mass is 10.2. The number of esters is 1. The minimum Gasteiger partial charge on any atom is -0.449 e. The predicted molar refractivity (Wildman–Crippen MR) is 81.3 cm³/mol. The zero-order valence-corrected chi connectivity index (χ0v) is 12.7. The van der Waals surface area contributed by atoms with Gasteiger partial charge in [-0.25, -0.2) is 13.6 Å². The third-order valence-electron chi connectivity index (χ3n) is 2.94. The lowest BCUT2D eigenvalue weighted by Gasteiger charge is -2.14. The Bertz CT molecular complexity index is 752. The predicted octanol–water partition coefficient (Wildman–Crippen LogP) is 3.80. The summed E-state index contributed by atoms with van der Waals surface area (Å²) in [7, 11) is 0. The second kappa shape index (κ2) is 7.19. The molecule has 1 amide bonds. The molecule has 2 rings (SSSR count). The molecule has 0 saturated carbocycles. The molecule has 0 radical (unpaired) electrons. The van der Waals surface area contributed by atoms with E-state index in [2.05, 4.69) is 5.32 Å². The van der Waals surface area contributed by atoms with Crippen molar-refractivity contribution in [3.8, 4) is 0 Å². The first-order valence-electron chi connectivity index (χ1n) is 6.60. The number of hydrogen-bond donors (Lipinski definition) is 1. The van der Waals surface area contributed by atoms with Gasteiger partial charge in [-0.2, -0.15) is 0 Å². The Balaban J connectivity index is 2.03. The molecule has 0 fully saturated rings. The van der Waals surface area contributed by atoms with E-state index in [0.717, 1.165) is 18.2 Å². The molecular weight excluding hydrogens is 328 g/mol. The minimum absolute atomic E-state index is 0.0276. The molecular formula is C16H12ClF2NO3. The number of ether oxygens (including phenoxy) is 1. The van der Waals surface area contributed by atoms with E-state index in [1.54, 1.807) is 6.07 Å². The fourth-order valence-electron chi connectivity index (χ4n) is 1.73. The summed E-state index contributed by atoms with van der Waals surface area (Å²) >= 11 is 5.75. The van der Waals surface area contributed by atoms with Crippen LogP contribution in [0.2, 0.25) is 5.02 Å². The average molecular weight is 340 g/mol. The Morgan fingerprint density at radius 1 is 1.17 bits per heavy atom. The van der Waals surface area contributed by atoms with Crippen molar-refractivity contribution in [2.24, 2.45) is 0 Å². The van der Waals surface area contributed by atoms with Crippen molar-refractivity contribution in [3.63, 3.8) is 0 Å². The van der Waals surface area contributed by atoms with Crippen molar-refractivity contribution < 1.29 is 23.1 Å². The maximum atomic E-state index is 13.5. The van der Waals surface area contributed by atoms with Gasteiger partial charge in [0.1, 0.15) is 11.6 Å². The molecule has 2 aromatic carbocycles. The number of para-hydroxylation sites is 1. The van der Waals surface area contributed by atoms with E-state index in [1.165, 1.54) is 25.1 Å². The molecule has 1 atom stereocenters. The van der Waals surface area contributed by atoms with Crippen LogP contribution in [-0.2, 0) is 9.53 Å². The minimum atomic E-state index is -1.19. The molecule has 0 aliphatic heterocycles. The van der Waals surface area contributed by atoms with Crippen molar-refractivity contribution in [1.82, 2.24) is 0 Å². The summed E-state index contributed by atoms with van der Waals surface area (Å²) in [6.07, 6.45) is -1.19. The number of anilines is 1. The van der Waals surface area contributed by atoms with E-state index in [4.69, 9.17) is 16.3 Å². The van der Waals surface area contributed by atoms with Crippen LogP contribution in [0.25, 0.3) is 0 Å². The highest BCUT2D eigenvalue weighted by Gasteiger charge is 2.21. The molecule has 120 valence electrons. The van der Waals surface area contributed by atoms with Crippen LogP contribution in [0.1, 0.15) is 17.3 Å². The van der Waals surface area contributed by atoms with E-state index in [1.807, 2.05) is 0 Å². The summed E-state index contributed by atoms with van der Waals surface area (Å²) in [5.41, 5.74) is -0.0983. The molecule has 4 nitrogen and oxygen atoms in total. The Morgan fingerprint density at radius 3 is 2.52 bits per heavy atom. The Kier molecular flexibility index (Phi) is 5.28. The van der Waals surface area contributed by atoms with Gasteiger partial charge >= 0.3 is 5.97 Å². The molecule has 0 spiro atoms. The first-order chi connectivity index (χ1) is 10.9. The summed E-state index contributed by atoms with van der Waals surface area (Å²) in [5, 5.41) is 2.18. The number of carbonyl (C=O) groups is 2. The molecule has 0 aromatic heterocycles. The van der Waals surface area contributed by atoms with Gasteiger partial charge in [-0.3, -0.25) is 4.79 Å². The van der Waals surface area contributed by atoms with Crippen LogP contribution in [0.3, 0.4) is 0 Å². The van der Waals surface area contributed by atoms with Crippen LogP contribution in [-0.4, -0.2) is 18.0 Å². The molecule has 0 bridgehead atoms. The van der Waals surface area contributed by atoms with Crippen molar-refractivity contribution >= 4 is 29.2 Å². The first-order valence-corrected chi connectivity index (χ1v) is 6.97. The van der Waals surface area contributed by atoms with Crippen LogP contribution in [0.4, 0.5) is 14.5 Å². The molecule has 23 heavy (non-hydrogen) atoms. The number of benzene rings is 2. The van der Waals surface area contributed by atoms with Gasteiger partial charge in [0, 0.05) is 0 Å². The van der Waals surface area contributed by atoms with E-state index in [9.17, 15) is 18.4 Å². The van der Waals surface area contributed by atoms with Gasteiger partial charge in [-0.1, -0.05) is 23.7 Å². The van der Waals surface area contributed by atoms with Gasteiger partial charge in [0.2, 0.25) is 0 Å². The van der Waals surface area contributed by atoms with Crippen LogP contribution in [0, 0.1) is 11.6 Å². The van der Waals surface area contributed by atoms with Crippen molar-refractivity contribution in [3.05, 3.63) is 64.7 Å². The van der Waals surface area contributed by atoms with E-state index < -0.39 is 29.6 Å². The standard InChI is InChI=1S/C16H12ClF2NO3/c1-9(15(21)20-14-5-3-2-4-13(14)19)23-16(22)11-7-6-10(18)8-12(11)17/h2-9H,1H3,(H,20,21)/t9-/m0/s1. The maximum absolute atomic E-state index is 13.5. The summed E-state index contributed by atoms with van der Waals surface area (Å²) in [6, 6.07) is 8.75. The van der Waals surface area contributed by atoms with E-state index in [0.29, 0.717) is 0 Å². The largest absolute Gasteiger partial charge is 0.449 e. The molecule has 0 heterocycles. The fraction of sp³-hybridized carbons (Fsp3) is 0.125. The highest BCUT2D eigenvalue weighted by atomic mass is 35.5. The Morgan fingerprint density at radius 2 is 1.87 bits per heavy atom. The smallest absolute Gasteiger partial charge is 0.340 e. The Labute approximate surface area is 136 Å². The fourth-order valence-corrected chi connectivity index (χ4v) is 1.97. The molecule has 0 aliphatic carbocycles. The van der Waals surface area contributed by atoms with Crippen LogP contribution in [0.15, 0.2) is 42.5 Å². The second-order valence-corrected chi connectivity index (χ2v) is 5.05. The van der Waals surface area contributed by atoms with Crippen molar-refractivity contribution in [1.29, 1.82) is 0 Å². The monoisotopic (exact) mass is 339 g/mol. The summed E-state index contributed by atoms with van der Waals surface area (Å²) in [6.45, 7) is 1.32. The Hall–Kier alpha value is -2.47. The SMILES string of the molecule is C[C@H](OC(=O)c1ccc(F)cc1Cl)C(=O)Nc1ccccc1F. The topological polar surface area (TPSA) is 55.4 Å². The van der Waals surface area contributed by atoms with E-state index >= 15 is 0 Å². The van der Waals surface area contributed by atoms with Gasteiger partial charge in [-0.05, 0) is 37.3 Å². The molecule has 0 saturated heterocycles. The molecule has 0 aliphatic rings. The molecule has 7 heteroatoms. The second-order valence-electron chi connectivity index (χ2n) is 4.64. The number of hydrogen-bond acceptors (Lipinski definition) is 3. The molecule has 2 aromatic rings. The summed E-state index contributed by atoms with van der Waals surface area (Å²) < 4.78 is 31.4. The third-order valence-corrected chi connectivity index (χ3v) is 3.25. The molecule has 0 unspecified atom stereocenters. The number of amides is 1. The normalized spacial score (nSPS) is 11.7. The van der Waals surface area contributed by atoms with Gasteiger partial charge in [0.05, 0.1) is 16.3 Å². The van der Waals surface area contributed by atoms with E-state index in [-0.39, 0.29) is 16.3 Å². The highest BCUT2D eigenvalue weighted by molar-refractivity contribution is 6.33. The number of rotatable bonds is 4. The van der Waals surface area contributed by atoms with Crippen molar-refractivity contribution in [2.45, 2.75) is 13.0 Å².